The lowest BCUT2D eigenvalue weighted by molar-refractivity contribution is -0.337. The van der Waals surface area contributed by atoms with E-state index in [0.717, 1.165) is 0 Å². The molecule has 0 radical (unpaired) electrons. The lowest BCUT2D eigenvalue weighted by Gasteiger charge is -2.34. The van der Waals surface area contributed by atoms with Crippen molar-refractivity contribution in [2.24, 2.45) is 0 Å². The zero-order chi connectivity index (χ0) is 9.84. The summed E-state index contributed by atoms with van der Waals surface area (Å²) < 4.78 is 14.7. The second-order valence-corrected chi connectivity index (χ2v) is 2.76. The highest BCUT2D eigenvalue weighted by molar-refractivity contribution is 4.69. The molecule has 1 aliphatic heterocycles. The van der Waals surface area contributed by atoms with E-state index in [4.69, 9.17) is 24.4 Å². The Hall–Kier alpha value is -0.240. The van der Waals surface area contributed by atoms with Gasteiger partial charge in [0.05, 0.1) is 13.2 Å². The first kappa shape index (κ1) is 10.8. The maximum atomic E-state index is 9.22. The maximum Gasteiger partial charge on any atom is 0.188 e. The van der Waals surface area contributed by atoms with Crippen molar-refractivity contribution >= 4 is 0 Å². The average Bonchev–Trinajstić information content (AvgIpc) is 2.17. The molecule has 0 spiro atoms. The Morgan fingerprint density at radius 2 is 2.31 bits per heavy atom. The summed E-state index contributed by atoms with van der Waals surface area (Å²) in [5.74, 6) is 0. The largest absolute Gasteiger partial charge is 0.393 e. The van der Waals surface area contributed by atoms with Crippen molar-refractivity contribution in [3.05, 3.63) is 0 Å². The summed E-state index contributed by atoms with van der Waals surface area (Å²) in [4.78, 5) is 0. The minimum Gasteiger partial charge on any atom is -0.393 e. The third-order valence-electron chi connectivity index (χ3n) is 1.75. The minimum absolute atomic E-state index is 0.0141. The molecule has 4 unspecified atom stereocenters. The molecule has 0 aliphatic carbocycles. The summed E-state index contributed by atoms with van der Waals surface area (Å²) in [6.07, 6.45) is -3.75. The van der Waals surface area contributed by atoms with Crippen molar-refractivity contribution < 1.29 is 29.5 Å². The second-order valence-electron chi connectivity index (χ2n) is 2.76. The maximum absolute atomic E-state index is 9.22. The lowest BCUT2D eigenvalue weighted by Crippen LogP contribution is -2.49. The van der Waals surface area contributed by atoms with Crippen LogP contribution in [0.25, 0.3) is 0 Å². The van der Waals surface area contributed by atoms with Gasteiger partial charge in [0.25, 0.3) is 0 Å². The Labute approximate surface area is 75.6 Å². The standard InChI is InChI=1S/C7H14O6/c1-11-6-5(10)3-12-7(13-6)4(9)2-8/h4-10H,2-3H2,1H3. The van der Waals surface area contributed by atoms with Crippen LogP contribution in [-0.4, -0.2) is 60.4 Å². The van der Waals surface area contributed by atoms with Gasteiger partial charge in [-0.3, -0.25) is 0 Å². The number of ether oxygens (including phenoxy) is 3. The van der Waals surface area contributed by atoms with E-state index in [1.54, 1.807) is 0 Å². The van der Waals surface area contributed by atoms with E-state index in [-0.39, 0.29) is 6.61 Å². The molecule has 3 N–H and O–H groups in total. The third kappa shape index (κ3) is 2.60. The van der Waals surface area contributed by atoms with Gasteiger partial charge in [-0.2, -0.15) is 0 Å². The summed E-state index contributed by atoms with van der Waals surface area (Å²) in [5, 5.41) is 27.0. The van der Waals surface area contributed by atoms with Crippen molar-refractivity contribution in [3.63, 3.8) is 0 Å². The Balaban J connectivity index is 2.44. The van der Waals surface area contributed by atoms with Crippen LogP contribution in [0, 0.1) is 0 Å². The monoisotopic (exact) mass is 194 g/mol. The van der Waals surface area contributed by atoms with E-state index in [1.807, 2.05) is 0 Å². The molecule has 0 bridgehead atoms. The highest BCUT2D eigenvalue weighted by Gasteiger charge is 2.34. The quantitative estimate of drug-likeness (QED) is 0.484. The smallest absolute Gasteiger partial charge is 0.188 e. The van der Waals surface area contributed by atoms with E-state index in [2.05, 4.69) is 0 Å². The van der Waals surface area contributed by atoms with Crippen molar-refractivity contribution in [2.75, 3.05) is 20.3 Å². The van der Waals surface area contributed by atoms with Gasteiger partial charge in [0.1, 0.15) is 12.2 Å². The average molecular weight is 194 g/mol. The lowest BCUT2D eigenvalue weighted by atomic mass is 10.3. The molecule has 6 nitrogen and oxygen atoms in total. The van der Waals surface area contributed by atoms with Crippen molar-refractivity contribution in [3.8, 4) is 0 Å². The van der Waals surface area contributed by atoms with Crippen LogP contribution in [0.5, 0.6) is 0 Å². The fraction of sp³-hybridized carbons (Fsp3) is 1.00. The summed E-state index contributed by atoms with van der Waals surface area (Å²) in [7, 11) is 1.38. The van der Waals surface area contributed by atoms with Crippen LogP contribution in [0.2, 0.25) is 0 Å². The van der Waals surface area contributed by atoms with Crippen LogP contribution in [0.1, 0.15) is 0 Å². The molecule has 1 aliphatic rings. The fourth-order valence-electron chi connectivity index (χ4n) is 1.03. The SMILES string of the molecule is COC1OC(C(O)CO)OCC1O. The molecule has 1 rings (SSSR count). The predicted octanol–water partition coefficient (Wildman–Crippen LogP) is -1.95. The number of hydrogen-bond acceptors (Lipinski definition) is 6. The van der Waals surface area contributed by atoms with Gasteiger partial charge in [0, 0.05) is 7.11 Å². The van der Waals surface area contributed by atoms with Crippen LogP contribution in [0.15, 0.2) is 0 Å². The molecule has 13 heavy (non-hydrogen) atoms. The van der Waals surface area contributed by atoms with Crippen LogP contribution in [0.3, 0.4) is 0 Å². The van der Waals surface area contributed by atoms with Gasteiger partial charge in [-0.1, -0.05) is 0 Å². The number of rotatable bonds is 3. The van der Waals surface area contributed by atoms with Gasteiger partial charge >= 0.3 is 0 Å². The molecule has 0 aromatic heterocycles. The van der Waals surface area contributed by atoms with E-state index in [1.165, 1.54) is 7.11 Å². The van der Waals surface area contributed by atoms with E-state index < -0.39 is 31.4 Å². The molecule has 0 aromatic rings. The van der Waals surface area contributed by atoms with E-state index >= 15 is 0 Å². The molecule has 78 valence electrons. The molecule has 1 heterocycles. The highest BCUT2D eigenvalue weighted by atomic mass is 16.8. The molecular weight excluding hydrogens is 180 g/mol. The molecular formula is C7H14O6. The Bertz CT molecular complexity index is 152. The van der Waals surface area contributed by atoms with Gasteiger partial charge in [-0.15, -0.1) is 0 Å². The first-order valence-electron chi connectivity index (χ1n) is 3.96. The van der Waals surface area contributed by atoms with Gasteiger partial charge < -0.3 is 29.5 Å². The predicted molar refractivity (Wildman–Crippen MR) is 40.7 cm³/mol. The number of aliphatic hydroxyl groups excluding tert-OH is 3. The van der Waals surface area contributed by atoms with Gasteiger partial charge in [0.15, 0.2) is 12.6 Å². The molecule has 0 saturated carbocycles. The molecule has 1 fully saturated rings. The first-order chi connectivity index (χ1) is 6.19. The zero-order valence-electron chi connectivity index (χ0n) is 7.29. The molecule has 6 heteroatoms. The highest BCUT2D eigenvalue weighted by Crippen LogP contribution is 2.15. The number of aliphatic hydroxyl groups is 3. The van der Waals surface area contributed by atoms with Gasteiger partial charge in [0.2, 0.25) is 0 Å². The van der Waals surface area contributed by atoms with Crippen molar-refractivity contribution in [1.82, 2.24) is 0 Å². The van der Waals surface area contributed by atoms with Crippen LogP contribution >= 0.6 is 0 Å². The van der Waals surface area contributed by atoms with E-state index in [0.29, 0.717) is 0 Å². The van der Waals surface area contributed by atoms with Crippen LogP contribution in [0.4, 0.5) is 0 Å². The second kappa shape index (κ2) is 4.85. The summed E-state index contributed by atoms with van der Waals surface area (Å²) in [5.41, 5.74) is 0. The van der Waals surface area contributed by atoms with Crippen LogP contribution in [-0.2, 0) is 14.2 Å². The first-order valence-corrected chi connectivity index (χ1v) is 3.96. The number of methoxy groups -OCH3 is 1. The van der Waals surface area contributed by atoms with Crippen molar-refractivity contribution in [1.29, 1.82) is 0 Å². The summed E-state index contributed by atoms with van der Waals surface area (Å²) >= 11 is 0. The topological polar surface area (TPSA) is 88.4 Å². The van der Waals surface area contributed by atoms with Gasteiger partial charge in [-0.25, -0.2) is 0 Å². The zero-order valence-corrected chi connectivity index (χ0v) is 7.29. The van der Waals surface area contributed by atoms with Gasteiger partial charge in [-0.05, 0) is 0 Å². The van der Waals surface area contributed by atoms with Crippen molar-refractivity contribution in [2.45, 2.75) is 24.8 Å². The molecule has 4 atom stereocenters. The third-order valence-corrected chi connectivity index (χ3v) is 1.75. The van der Waals surface area contributed by atoms with E-state index in [9.17, 15) is 5.11 Å². The molecule has 0 aromatic carbocycles. The summed E-state index contributed by atoms with van der Waals surface area (Å²) in [6.45, 7) is -0.447. The number of hydrogen-bond donors (Lipinski definition) is 3. The Morgan fingerprint density at radius 3 is 2.85 bits per heavy atom. The summed E-state index contributed by atoms with van der Waals surface area (Å²) in [6, 6.07) is 0. The Kier molecular flexibility index (Phi) is 4.04. The van der Waals surface area contributed by atoms with Crippen LogP contribution < -0.4 is 0 Å². The minimum atomic E-state index is -1.12. The fourth-order valence-corrected chi connectivity index (χ4v) is 1.03. The normalized spacial score (nSPS) is 37.4. The molecule has 0 amide bonds. The molecule has 1 saturated heterocycles. The Morgan fingerprint density at radius 1 is 1.62 bits per heavy atom.